The number of thiocarbonyl (C=S) groups is 1. The Morgan fingerprint density at radius 2 is 2.04 bits per heavy atom. The molecule has 0 bridgehead atoms. The maximum Gasteiger partial charge on any atom is 0.253 e. The van der Waals surface area contributed by atoms with Gasteiger partial charge in [-0.2, -0.15) is 0 Å². The van der Waals surface area contributed by atoms with Gasteiger partial charge in [-0.05, 0) is 54.7 Å². The zero-order valence-electron chi connectivity index (χ0n) is 15.6. The molecule has 5 nitrogen and oxygen atoms in total. The van der Waals surface area contributed by atoms with Gasteiger partial charge in [0.05, 0.1) is 33.7 Å². The van der Waals surface area contributed by atoms with Crippen LogP contribution < -0.4 is 15.8 Å². The van der Waals surface area contributed by atoms with Crippen molar-refractivity contribution in [3.05, 3.63) is 45.7 Å². The second-order valence-corrected chi connectivity index (χ2v) is 7.00. The maximum atomic E-state index is 12.5. The Bertz CT molecular complexity index is 785. The zero-order valence-corrected chi connectivity index (χ0v) is 16.4. The van der Waals surface area contributed by atoms with Crippen LogP contribution in [-0.4, -0.2) is 48.7 Å². The molecule has 0 aliphatic heterocycles. The smallest absolute Gasteiger partial charge is 0.253 e. The molecule has 2 aromatic rings. The van der Waals surface area contributed by atoms with Gasteiger partial charge in [0.2, 0.25) is 0 Å². The fraction of sp³-hybridized carbons (Fsp3) is 0.474. The summed E-state index contributed by atoms with van der Waals surface area (Å²) in [7, 11) is 4.23. The van der Waals surface area contributed by atoms with Crippen molar-refractivity contribution in [3.63, 3.8) is 0 Å². The van der Waals surface area contributed by atoms with Gasteiger partial charge < -0.3 is 20.1 Å². The lowest BCUT2D eigenvalue weighted by molar-refractivity contribution is -0.857. The van der Waals surface area contributed by atoms with E-state index in [-0.39, 0.29) is 5.56 Å². The van der Waals surface area contributed by atoms with E-state index in [1.165, 1.54) is 10.5 Å². The minimum atomic E-state index is -0.0433. The number of H-pyrrole nitrogens is 1. The average molecular weight is 362 g/mol. The van der Waals surface area contributed by atoms with Gasteiger partial charge in [-0.3, -0.25) is 4.79 Å². The third-order valence-corrected chi connectivity index (χ3v) is 4.65. The number of nitrogens with zero attached hydrogens (tertiary/aromatic N) is 1. The molecule has 1 aromatic carbocycles. The van der Waals surface area contributed by atoms with Crippen molar-refractivity contribution >= 4 is 28.2 Å². The van der Waals surface area contributed by atoms with E-state index in [0.29, 0.717) is 11.7 Å². The molecule has 0 saturated carbocycles. The highest BCUT2D eigenvalue weighted by atomic mass is 32.1. The maximum absolute atomic E-state index is 12.5. The molecule has 136 valence electrons. The number of quaternary nitrogens is 1. The fourth-order valence-corrected chi connectivity index (χ4v) is 3.02. The normalized spacial score (nSPS) is 11.1. The Balaban J connectivity index is 2.31. The summed E-state index contributed by atoms with van der Waals surface area (Å²) in [6.45, 7) is 7.21. The Morgan fingerprint density at radius 1 is 1.28 bits per heavy atom. The predicted octanol–water partition coefficient (Wildman–Crippen LogP) is 0.931. The molecule has 6 heteroatoms. The van der Waals surface area contributed by atoms with E-state index in [2.05, 4.69) is 48.4 Å². The summed E-state index contributed by atoms with van der Waals surface area (Å²) in [6, 6.07) is 8.18. The highest BCUT2D eigenvalue weighted by molar-refractivity contribution is 7.80. The van der Waals surface area contributed by atoms with Gasteiger partial charge in [-0.15, -0.1) is 0 Å². The van der Waals surface area contributed by atoms with E-state index < -0.39 is 0 Å². The van der Waals surface area contributed by atoms with E-state index in [4.69, 9.17) is 12.2 Å². The predicted molar refractivity (Wildman–Crippen MR) is 108 cm³/mol. The van der Waals surface area contributed by atoms with Crippen molar-refractivity contribution in [2.45, 2.75) is 26.8 Å². The lowest BCUT2D eigenvalue weighted by atomic mass is 10.1. The van der Waals surface area contributed by atoms with Gasteiger partial charge in [0.15, 0.2) is 5.11 Å². The molecule has 2 rings (SSSR count). The molecule has 0 fully saturated rings. The first-order valence-electron chi connectivity index (χ1n) is 8.91. The monoisotopic (exact) mass is 361 g/mol. The molecular weight excluding hydrogens is 332 g/mol. The number of aryl methyl sites for hydroxylation is 1. The summed E-state index contributed by atoms with van der Waals surface area (Å²) in [5.41, 5.74) is 2.85. The van der Waals surface area contributed by atoms with Crippen molar-refractivity contribution in [3.8, 4) is 0 Å². The first kappa shape index (κ1) is 19.4. The van der Waals surface area contributed by atoms with Crippen LogP contribution >= 0.6 is 12.2 Å². The molecule has 0 radical (unpaired) electrons. The summed E-state index contributed by atoms with van der Waals surface area (Å²) in [5.74, 6) is 0. The van der Waals surface area contributed by atoms with Gasteiger partial charge in [-0.25, -0.2) is 0 Å². The molecule has 0 amide bonds. The highest BCUT2D eigenvalue weighted by Crippen LogP contribution is 2.15. The molecule has 0 unspecified atom stereocenters. The van der Waals surface area contributed by atoms with E-state index in [1.54, 1.807) is 0 Å². The van der Waals surface area contributed by atoms with Gasteiger partial charge in [0.25, 0.3) is 5.56 Å². The summed E-state index contributed by atoms with van der Waals surface area (Å²) in [4.78, 5) is 18.9. The summed E-state index contributed by atoms with van der Waals surface area (Å²) in [5, 5.41) is 4.97. The molecule has 25 heavy (non-hydrogen) atoms. The van der Waals surface area contributed by atoms with Crippen LogP contribution in [0, 0.1) is 0 Å². The molecule has 0 aliphatic carbocycles. The second-order valence-electron chi connectivity index (χ2n) is 6.61. The van der Waals surface area contributed by atoms with Crippen molar-refractivity contribution < 1.29 is 4.90 Å². The van der Waals surface area contributed by atoms with Gasteiger partial charge in [0.1, 0.15) is 0 Å². The SMILES string of the molecule is CCNC(=S)N(CC[NH+](C)C)Cc1cc2cc(CC)ccc2[nH]c1=O. The molecule has 0 saturated heterocycles. The number of nitrogens with one attached hydrogen (secondary N) is 3. The van der Waals surface area contributed by atoms with Crippen LogP contribution in [0.2, 0.25) is 0 Å². The summed E-state index contributed by atoms with van der Waals surface area (Å²) in [6.07, 6.45) is 0.979. The van der Waals surface area contributed by atoms with Crippen molar-refractivity contribution in [1.82, 2.24) is 15.2 Å². The van der Waals surface area contributed by atoms with Crippen LogP contribution in [0.4, 0.5) is 0 Å². The summed E-state index contributed by atoms with van der Waals surface area (Å²) < 4.78 is 0. The number of hydrogen-bond donors (Lipinski definition) is 3. The Hall–Kier alpha value is -1.92. The van der Waals surface area contributed by atoms with Gasteiger partial charge >= 0.3 is 0 Å². The number of pyridine rings is 1. The topological polar surface area (TPSA) is 52.6 Å². The Morgan fingerprint density at radius 3 is 2.68 bits per heavy atom. The number of aromatic amines is 1. The molecular formula is C19H29N4OS+. The van der Waals surface area contributed by atoms with E-state index in [9.17, 15) is 4.79 Å². The van der Waals surface area contributed by atoms with Crippen LogP contribution in [0.1, 0.15) is 25.0 Å². The molecule has 0 aliphatic rings. The fourth-order valence-electron chi connectivity index (χ4n) is 2.72. The molecule has 1 heterocycles. The van der Waals surface area contributed by atoms with Crippen LogP contribution in [0.3, 0.4) is 0 Å². The number of fused-ring (bicyclic) bond motifs is 1. The van der Waals surface area contributed by atoms with Crippen LogP contribution in [-0.2, 0) is 13.0 Å². The number of rotatable bonds is 7. The van der Waals surface area contributed by atoms with Crippen molar-refractivity contribution in [1.29, 1.82) is 0 Å². The van der Waals surface area contributed by atoms with Crippen LogP contribution in [0.5, 0.6) is 0 Å². The largest absolute Gasteiger partial charge is 0.363 e. The second kappa shape index (κ2) is 8.97. The number of benzene rings is 1. The first-order chi connectivity index (χ1) is 11.9. The minimum absolute atomic E-state index is 0.0433. The van der Waals surface area contributed by atoms with Gasteiger partial charge in [0, 0.05) is 17.6 Å². The lowest BCUT2D eigenvalue weighted by Gasteiger charge is -2.26. The number of aromatic nitrogens is 1. The Kier molecular flexibility index (Phi) is 6.96. The van der Waals surface area contributed by atoms with Crippen molar-refractivity contribution in [2.75, 3.05) is 33.7 Å². The quantitative estimate of drug-likeness (QED) is 0.643. The minimum Gasteiger partial charge on any atom is -0.363 e. The third-order valence-electron chi connectivity index (χ3n) is 4.25. The first-order valence-corrected chi connectivity index (χ1v) is 9.32. The molecule has 0 atom stereocenters. The molecule has 3 N–H and O–H groups in total. The Labute approximate surface area is 155 Å². The third kappa shape index (κ3) is 5.28. The summed E-state index contributed by atoms with van der Waals surface area (Å²) >= 11 is 5.50. The van der Waals surface area contributed by atoms with Gasteiger partial charge in [-0.1, -0.05) is 13.0 Å². The van der Waals surface area contributed by atoms with Crippen molar-refractivity contribution in [2.24, 2.45) is 0 Å². The highest BCUT2D eigenvalue weighted by Gasteiger charge is 2.14. The molecule has 1 aromatic heterocycles. The molecule has 0 spiro atoms. The number of likely N-dealkylation sites (N-methyl/N-ethyl adjacent to an activating group) is 1. The van der Waals surface area contributed by atoms with Crippen LogP contribution in [0.25, 0.3) is 10.9 Å². The standard InChI is InChI=1S/C19H28N4OS/c1-5-14-7-8-17-15(11-14)12-16(18(24)21-17)13-23(10-9-22(3)4)19(25)20-6-2/h7-8,11-12H,5-6,9-10,13H2,1-4H3,(H,20,25)(H,21,24)/p+1. The van der Waals surface area contributed by atoms with Crippen LogP contribution in [0.15, 0.2) is 29.1 Å². The number of hydrogen-bond acceptors (Lipinski definition) is 2. The van der Waals surface area contributed by atoms with E-state index >= 15 is 0 Å². The van der Waals surface area contributed by atoms with E-state index in [0.717, 1.165) is 42.5 Å². The lowest BCUT2D eigenvalue weighted by Crippen LogP contribution is -3.06. The van der Waals surface area contributed by atoms with E-state index in [1.807, 2.05) is 19.1 Å². The average Bonchev–Trinajstić information content (AvgIpc) is 2.58. The zero-order chi connectivity index (χ0) is 18.4.